The Morgan fingerprint density at radius 2 is 1.89 bits per heavy atom. The molecule has 0 saturated carbocycles. The number of hydrogen-bond acceptors (Lipinski definition) is 5. The third-order valence-corrected chi connectivity index (χ3v) is 5.72. The number of halogens is 1. The second-order valence-corrected chi connectivity index (χ2v) is 8.32. The lowest BCUT2D eigenvalue weighted by atomic mass is 9.98. The zero-order chi connectivity index (χ0) is 19.2. The normalized spacial score (nSPS) is 11.9. The van der Waals surface area contributed by atoms with Crippen LogP contribution < -0.4 is 11.2 Å². The summed E-state index contributed by atoms with van der Waals surface area (Å²) in [6.45, 7) is 2.13. The van der Waals surface area contributed by atoms with Gasteiger partial charge in [-0.2, -0.15) is 0 Å². The van der Waals surface area contributed by atoms with Gasteiger partial charge < -0.3 is 11.2 Å². The van der Waals surface area contributed by atoms with Crippen LogP contribution in [0.1, 0.15) is 24.2 Å². The van der Waals surface area contributed by atoms with Crippen LogP contribution in [0.25, 0.3) is 0 Å². The number of anilines is 1. The van der Waals surface area contributed by atoms with Crippen molar-refractivity contribution in [2.75, 3.05) is 16.9 Å². The molecule has 1 atom stereocenters. The van der Waals surface area contributed by atoms with Crippen molar-refractivity contribution in [2.24, 2.45) is 0 Å². The van der Waals surface area contributed by atoms with E-state index in [1.165, 1.54) is 22.0 Å². The van der Waals surface area contributed by atoms with Gasteiger partial charge in [0.2, 0.25) is 11.1 Å². The number of hydrogen-bond donors (Lipinski definition) is 2. The summed E-state index contributed by atoms with van der Waals surface area (Å²) in [5.74, 6) is 7.21. The van der Waals surface area contributed by atoms with Crippen LogP contribution in [-0.2, 0) is 11.2 Å². The number of benzene rings is 2. The Balaban J connectivity index is 1.55. The van der Waals surface area contributed by atoms with Crippen LogP contribution >= 0.6 is 34.4 Å². The largest absolute Gasteiger partial charge is 0.336 e. The van der Waals surface area contributed by atoms with Crippen molar-refractivity contribution in [1.29, 1.82) is 0 Å². The van der Waals surface area contributed by atoms with Crippen LogP contribution in [0, 0.1) is 3.57 Å². The highest BCUT2D eigenvalue weighted by molar-refractivity contribution is 14.1. The average molecular weight is 493 g/mol. The summed E-state index contributed by atoms with van der Waals surface area (Å²) in [6, 6.07) is 17.9. The zero-order valence-electron chi connectivity index (χ0n) is 14.8. The first-order valence-electron chi connectivity index (χ1n) is 8.45. The third kappa shape index (κ3) is 5.46. The molecule has 3 N–H and O–H groups in total. The van der Waals surface area contributed by atoms with E-state index < -0.39 is 0 Å². The van der Waals surface area contributed by atoms with Crippen molar-refractivity contribution < 1.29 is 4.79 Å². The lowest BCUT2D eigenvalue weighted by Crippen LogP contribution is -2.18. The first-order chi connectivity index (χ1) is 13.0. The maximum absolute atomic E-state index is 12.1. The van der Waals surface area contributed by atoms with Crippen LogP contribution in [0.3, 0.4) is 0 Å². The summed E-state index contributed by atoms with van der Waals surface area (Å²) < 4.78 is 2.59. The summed E-state index contributed by atoms with van der Waals surface area (Å²) >= 11 is 3.50. The minimum Gasteiger partial charge on any atom is -0.336 e. The molecule has 27 heavy (non-hydrogen) atoms. The molecule has 0 aliphatic carbocycles. The monoisotopic (exact) mass is 493 g/mol. The van der Waals surface area contributed by atoms with Crippen LogP contribution in [0.2, 0.25) is 0 Å². The summed E-state index contributed by atoms with van der Waals surface area (Å²) in [5, 5.41) is 11.7. The summed E-state index contributed by atoms with van der Waals surface area (Å²) in [4.78, 5) is 12.1. The van der Waals surface area contributed by atoms with Gasteiger partial charge in [0.25, 0.3) is 0 Å². The minimum absolute atomic E-state index is 0.108. The number of amides is 1. The van der Waals surface area contributed by atoms with Gasteiger partial charge in [0.15, 0.2) is 5.82 Å². The second kappa shape index (κ2) is 9.23. The summed E-state index contributed by atoms with van der Waals surface area (Å²) in [7, 11) is 0. The lowest BCUT2D eigenvalue weighted by Gasteiger charge is -2.11. The second-order valence-electron chi connectivity index (χ2n) is 6.13. The maximum Gasteiger partial charge on any atom is 0.234 e. The predicted octanol–water partition coefficient (Wildman–Crippen LogP) is 3.67. The van der Waals surface area contributed by atoms with Crippen molar-refractivity contribution in [2.45, 2.75) is 24.4 Å². The number of thioether (sulfide) groups is 1. The molecule has 0 aliphatic rings. The SMILES string of the molecule is C[C@H](Cc1nnc(SCC(=O)Nc2ccc(I)cc2)n1N)c1ccccc1. The maximum atomic E-state index is 12.1. The molecule has 8 heteroatoms. The highest BCUT2D eigenvalue weighted by Crippen LogP contribution is 2.21. The number of rotatable bonds is 7. The molecule has 3 rings (SSSR count). The van der Waals surface area contributed by atoms with E-state index in [2.05, 4.69) is 57.2 Å². The van der Waals surface area contributed by atoms with Crippen molar-refractivity contribution in [1.82, 2.24) is 14.9 Å². The van der Waals surface area contributed by atoms with Crippen LogP contribution in [0.4, 0.5) is 5.69 Å². The van der Waals surface area contributed by atoms with Crippen LogP contribution in [0.15, 0.2) is 59.8 Å². The van der Waals surface area contributed by atoms with Gasteiger partial charge in [-0.3, -0.25) is 4.79 Å². The molecule has 6 nitrogen and oxygen atoms in total. The topological polar surface area (TPSA) is 85.8 Å². The molecule has 1 amide bonds. The number of nitrogens with two attached hydrogens (primary N) is 1. The standard InChI is InChI=1S/C19H20IN5OS/c1-13(14-5-3-2-4-6-14)11-17-23-24-19(25(17)21)27-12-18(26)22-16-9-7-15(20)8-10-16/h2-10,13H,11-12,21H2,1H3,(H,22,26)/t13-/m1/s1. The van der Waals surface area contributed by atoms with E-state index in [1.807, 2.05) is 42.5 Å². The number of aromatic nitrogens is 3. The fourth-order valence-corrected chi connectivity index (χ4v) is 3.61. The van der Waals surface area contributed by atoms with E-state index in [0.29, 0.717) is 17.4 Å². The fourth-order valence-electron chi connectivity index (χ4n) is 2.58. The molecule has 140 valence electrons. The van der Waals surface area contributed by atoms with E-state index in [9.17, 15) is 4.79 Å². The number of carbonyl (C=O) groups excluding carboxylic acids is 1. The summed E-state index contributed by atoms with van der Waals surface area (Å²) in [6.07, 6.45) is 0.683. The lowest BCUT2D eigenvalue weighted by molar-refractivity contribution is -0.113. The van der Waals surface area contributed by atoms with Crippen molar-refractivity contribution in [3.05, 3.63) is 69.6 Å². The molecular formula is C19H20IN5OS. The first kappa shape index (κ1) is 19.7. The molecule has 0 unspecified atom stereocenters. The van der Waals surface area contributed by atoms with Gasteiger partial charge in [0.05, 0.1) is 5.75 Å². The van der Waals surface area contributed by atoms with Crippen molar-refractivity contribution >= 4 is 45.9 Å². The molecule has 0 saturated heterocycles. The average Bonchev–Trinajstić information content (AvgIpc) is 3.02. The molecule has 0 aliphatic heterocycles. The Bertz CT molecular complexity index is 898. The third-order valence-electron chi connectivity index (χ3n) is 4.05. The van der Waals surface area contributed by atoms with Crippen LogP contribution in [0.5, 0.6) is 0 Å². The number of carbonyl (C=O) groups is 1. The van der Waals surface area contributed by atoms with Gasteiger partial charge in [-0.1, -0.05) is 49.0 Å². The van der Waals surface area contributed by atoms with Crippen molar-refractivity contribution in [3.8, 4) is 0 Å². The molecule has 1 heterocycles. The number of nitrogens with one attached hydrogen (secondary N) is 1. The van der Waals surface area contributed by atoms with Gasteiger partial charge in [-0.15, -0.1) is 10.2 Å². The molecule has 3 aromatic rings. The highest BCUT2D eigenvalue weighted by Gasteiger charge is 2.15. The number of nitrogens with zero attached hydrogens (tertiary/aromatic N) is 3. The first-order valence-corrected chi connectivity index (χ1v) is 10.5. The highest BCUT2D eigenvalue weighted by atomic mass is 127. The van der Waals surface area contributed by atoms with E-state index in [4.69, 9.17) is 5.84 Å². The Labute approximate surface area is 176 Å². The zero-order valence-corrected chi connectivity index (χ0v) is 17.8. The van der Waals surface area contributed by atoms with Gasteiger partial charge in [-0.05, 0) is 58.3 Å². The smallest absolute Gasteiger partial charge is 0.234 e. The van der Waals surface area contributed by atoms with Crippen LogP contribution in [-0.4, -0.2) is 26.5 Å². The molecular weight excluding hydrogens is 473 g/mol. The molecule has 0 radical (unpaired) electrons. The Kier molecular flexibility index (Phi) is 6.73. The van der Waals surface area contributed by atoms with Gasteiger partial charge in [0, 0.05) is 15.7 Å². The van der Waals surface area contributed by atoms with Gasteiger partial charge in [0.1, 0.15) is 0 Å². The Morgan fingerprint density at radius 3 is 2.59 bits per heavy atom. The Morgan fingerprint density at radius 1 is 1.19 bits per heavy atom. The quantitative estimate of drug-likeness (QED) is 0.298. The number of nitrogen functional groups attached to an aromatic ring is 1. The Hall–Kier alpha value is -2.07. The van der Waals surface area contributed by atoms with Gasteiger partial charge in [-0.25, -0.2) is 4.68 Å². The summed E-state index contributed by atoms with van der Waals surface area (Å²) in [5.41, 5.74) is 2.00. The van der Waals surface area contributed by atoms with E-state index in [1.54, 1.807) is 0 Å². The van der Waals surface area contributed by atoms with E-state index >= 15 is 0 Å². The van der Waals surface area contributed by atoms with E-state index in [-0.39, 0.29) is 17.6 Å². The molecule has 2 aromatic carbocycles. The molecule has 0 bridgehead atoms. The molecule has 0 fully saturated rings. The van der Waals surface area contributed by atoms with E-state index in [0.717, 1.165) is 9.26 Å². The fraction of sp³-hybridized carbons (Fsp3) is 0.211. The molecule has 1 aromatic heterocycles. The minimum atomic E-state index is -0.108. The molecule has 0 spiro atoms. The predicted molar refractivity (Wildman–Crippen MR) is 117 cm³/mol. The van der Waals surface area contributed by atoms with Gasteiger partial charge >= 0.3 is 0 Å². The van der Waals surface area contributed by atoms with Crippen molar-refractivity contribution in [3.63, 3.8) is 0 Å².